The molecule has 2 heteroatoms. The molecule has 0 saturated heterocycles. The molecule has 1 aromatic rings. The van der Waals surface area contributed by atoms with Gasteiger partial charge in [0.05, 0.1) is 6.10 Å². The molecule has 1 aliphatic carbocycles. The zero-order valence-corrected chi connectivity index (χ0v) is 11.6. The number of benzene rings is 1. The van der Waals surface area contributed by atoms with E-state index in [-0.39, 0.29) is 6.04 Å². The van der Waals surface area contributed by atoms with E-state index in [1.54, 1.807) is 0 Å². The molecule has 0 heterocycles. The van der Waals surface area contributed by atoms with Crippen molar-refractivity contribution in [2.45, 2.75) is 58.1 Å². The third-order valence-electron chi connectivity index (χ3n) is 3.94. The molecule has 1 aromatic carbocycles. The number of para-hydroxylation sites is 1. The van der Waals surface area contributed by atoms with Crippen molar-refractivity contribution in [2.24, 2.45) is 11.7 Å². The number of rotatable bonds is 4. The van der Waals surface area contributed by atoms with Gasteiger partial charge < -0.3 is 10.5 Å². The number of nitrogens with two attached hydrogens (primary N) is 1. The fraction of sp³-hybridized carbons (Fsp3) is 0.625. The number of hydrogen-bond acceptors (Lipinski definition) is 2. The van der Waals surface area contributed by atoms with Gasteiger partial charge in [0.2, 0.25) is 0 Å². The quantitative estimate of drug-likeness (QED) is 0.871. The Morgan fingerprint density at radius 1 is 1.33 bits per heavy atom. The van der Waals surface area contributed by atoms with Crippen LogP contribution >= 0.6 is 0 Å². The SMILES string of the molecule is CC[C@H](N)c1ccccc1OC1CCCC(C)C1. The molecule has 0 aromatic heterocycles. The first kappa shape index (κ1) is 13.4. The van der Waals surface area contributed by atoms with Crippen LogP contribution in [0, 0.1) is 5.92 Å². The number of hydrogen-bond donors (Lipinski definition) is 1. The molecule has 18 heavy (non-hydrogen) atoms. The minimum absolute atomic E-state index is 0.0854. The van der Waals surface area contributed by atoms with Crippen LogP contribution in [-0.4, -0.2) is 6.10 Å². The summed E-state index contributed by atoms with van der Waals surface area (Å²) < 4.78 is 6.20. The van der Waals surface area contributed by atoms with Gasteiger partial charge in [0, 0.05) is 11.6 Å². The maximum Gasteiger partial charge on any atom is 0.124 e. The molecular weight excluding hydrogens is 222 g/mol. The van der Waals surface area contributed by atoms with E-state index in [9.17, 15) is 0 Å². The minimum atomic E-state index is 0.0854. The summed E-state index contributed by atoms with van der Waals surface area (Å²) >= 11 is 0. The topological polar surface area (TPSA) is 35.2 Å². The molecule has 0 spiro atoms. The maximum atomic E-state index is 6.20. The molecule has 100 valence electrons. The van der Waals surface area contributed by atoms with Gasteiger partial charge in [-0.25, -0.2) is 0 Å². The van der Waals surface area contributed by atoms with Crippen molar-refractivity contribution in [1.82, 2.24) is 0 Å². The molecule has 3 atom stereocenters. The maximum absolute atomic E-state index is 6.20. The minimum Gasteiger partial charge on any atom is -0.490 e. The standard InChI is InChI=1S/C16H25NO/c1-3-15(17)14-9-4-5-10-16(14)18-13-8-6-7-12(2)11-13/h4-5,9-10,12-13,15H,3,6-8,11,17H2,1-2H3/t12?,13?,15-/m0/s1. The van der Waals surface area contributed by atoms with Crippen LogP contribution in [0.4, 0.5) is 0 Å². The highest BCUT2D eigenvalue weighted by Crippen LogP contribution is 2.31. The van der Waals surface area contributed by atoms with Crippen LogP contribution in [0.3, 0.4) is 0 Å². The van der Waals surface area contributed by atoms with Crippen LogP contribution in [0.5, 0.6) is 5.75 Å². The highest BCUT2D eigenvalue weighted by atomic mass is 16.5. The highest BCUT2D eigenvalue weighted by Gasteiger charge is 2.21. The predicted octanol–water partition coefficient (Wildman–Crippen LogP) is 4.05. The van der Waals surface area contributed by atoms with Gasteiger partial charge in [0.25, 0.3) is 0 Å². The Morgan fingerprint density at radius 3 is 2.83 bits per heavy atom. The third kappa shape index (κ3) is 3.26. The molecule has 1 saturated carbocycles. The second-order valence-electron chi connectivity index (χ2n) is 5.56. The monoisotopic (exact) mass is 247 g/mol. The van der Waals surface area contributed by atoms with Crippen LogP contribution in [0.15, 0.2) is 24.3 Å². The molecule has 0 bridgehead atoms. The van der Waals surface area contributed by atoms with Gasteiger partial charge in [0.1, 0.15) is 5.75 Å². The summed E-state index contributed by atoms with van der Waals surface area (Å²) in [6, 6.07) is 8.32. The van der Waals surface area contributed by atoms with Gasteiger partial charge in [-0.3, -0.25) is 0 Å². The zero-order valence-electron chi connectivity index (χ0n) is 11.6. The van der Waals surface area contributed by atoms with Crippen molar-refractivity contribution >= 4 is 0 Å². The average Bonchev–Trinajstić information content (AvgIpc) is 2.38. The van der Waals surface area contributed by atoms with Gasteiger partial charge in [0.15, 0.2) is 0 Å². The summed E-state index contributed by atoms with van der Waals surface area (Å²) in [5.74, 6) is 1.78. The van der Waals surface area contributed by atoms with Gasteiger partial charge in [-0.2, -0.15) is 0 Å². The zero-order chi connectivity index (χ0) is 13.0. The van der Waals surface area contributed by atoms with Crippen molar-refractivity contribution in [2.75, 3.05) is 0 Å². The van der Waals surface area contributed by atoms with Crippen molar-refractivity contribution in [3.05, 3.63) is 29.8 Å². The summed E-state index contributed by atoms with van der Waals surface area (Å²) in [6.45, 7) is 4.43. The Hall–Kier alpha value is -1.02. The average molecular weight is 247 g/mol. The Balaban J connectivity index is 2.08. The van der Waals surface area contributed by atoms with Gasteiger partial charge in [-0.1, -0.05) is 38.5 Å². The van der Waals surface area contributed by atoms with Gasteiger partial charge >= 0.3 is 0 Å². The van der Waals surface area contributed by atoms with E-state index in [1.165, 1.54) is 25.7 Å². The van der Waals surface area contributed by atoms with E-state index in [4.69, 9.17) is 10.5 Å². The van der Waals surface area contributed by atoms with E-state index >= 15 is 0 Å². The number of ether oxygens (including phenoxy) is 1. The van der Waals surface area contributed by atoms with E-state index in [0.717, 1.165) is 23.7 Å². The first-order chi connectivity index (χ1) is 8.70. The lowest BCUT2D eigenvalue weighted by Crippen LogP contribution is -2.25. The Morgan fingerprint density at radius 2 is 2.11 bits per heavy atom. The second-order valence-corrected chi connectivity index (χ2v) is 5.56. The first-order valence-corrected chi connectivity index (χ1v) is 7.21. The molecule has 2 N–H and O–H groups in total. The smallest absolute Gasteiger partial charge is 0.124 e. The molecule has 0 aliphatic heterocycles. The largest absolute Gasteiger partial charge is 0.490 e. The van der Waals surface area contributed by atoms with Crippen LogP contribution in [0.25, 0.3) is 0 Å². The molecule has 0 radical (unpaired) electrons. The second kappa shape index (κ2) is 6.24. The summed E-state index contributed by atoms with van der Waals surface area (Å²) in [5, 5.41) is 0. The van der Waals surface area contributed by atoms with Crippen LogP contribution in [-0.2, 0) is 0 Å². The van der Waals surface area contributed by atoms with Crippen molar-refractivity contribution in [3.8, 4) is 5.75 Å². The predicted molar refractivity (Wildman–Crippen MR) is 75.7 cm³/mol. The lowest BCUT2D eigenvalue weighted by atomic mass is 9.88. The van der Waals surface area contributed by atoms with Crippen LogP contribution in [0.1, 0.15) is 57.6 Å². The molecule has 2 unspecified atom stereocenters. The molecule has 1 fully saturated rings. The van der Waals surface area contributed by atoms with E-state index < -0.39 is 0 Å². The van der Waals surface area contributed by atoms with Crippen LogP contribution < -0.4 is 10.5 Å². The third-order valence-corrected chi connectivity index (χ3v) is 3.94. The summed E-state index contributed by atoms with van der Waals surface area (Å²) in [7, 11) is 0. The lowest BCUT2D eigenvalue weighted by Gasteiger charge is -2.28. The Bertz CT molecular complexity index is 377. The van der Waals surface area contributed by atoms with E-state index in [0.29, 0.717) is 6.10 Å². The van der Waals surface area contributed by atoms with Crippen molar-refractivity contribution in [3.63, 3.8) is 0 Å². The van der Waals surface area contributed by atoms with Gasteiger partial charge in [-0.05, 0) is 37.7 Å². The Labute approximate surface area is 111 Å². The van der Waals surface area contributed by atoms with E-state index in [1.807, 2.05) is 12.1 Å². The summed E-state index contributed by atoms with van der Waals surface area (Å²) in [6.07, 6.45) is 6.31. The molecule has 0 amide bonds. The molecule has 2 rings (SSSR count). The fourth-order valence-electron chi connectivity index (χ4n) is 2.78. The first-order valence-electron chi connectivity index (χ1n) is 7.21. The lowest BCUT2D eigenvalue weighted by molar-refractivity contribution is 0.127. The van der Waals surface area contributed by atoms with E-state index in [2.05, 4.69) is 26.0 Å². The Kier molecular flexibility index (Phi) is 4.65. The van der Waals surface area contributed by atoms with Crippen LogP contribution in [0.2, 0.25) is 0 Å². The van der Waals surface area contributed by atoms with Crippen molar-refractivity contribution < 1.29 is 4.74 Å². The fourth-order valence-corrected chi connectivity index (χ4v) is 2.78. The molecular formula is C16H25NO. The van der Waals surface area contributed by atoms with Gasteiger partial charge in [-0.15, -0.1) is 0 Å². The summed E-state index contributed by atoms with van der Waals surface area (Å²) in [4.78, 5) is 0. The van der Waals surface area contributed by atoms with Crippen molar-refractivity contribution in [1.29, 1.82) is 0 Å². The molecule has 2 nitrogen and oxygen atoms in total. The molecule has 1 aliphatic rings. The summed E-state index contributed by atoms with van der Waals surface area (Å²) in [5.41, 5.74) is 7.30. The highest BCUT2D eigenvalue weighted by molar-refractivity contribution is 5.35. The normalized spacial score (nSPS) is 25.7.